The van der Waals surface area contributed by atoms with E-state index in [4.69, 9.17) is 0 Å². The van der Waals surface area contributed by atoms with E-state index in [0.717, 1.165) is 19.6 Å². The van der Waals surface area contributed by atoms with Gasteiger partial charge in [0.25, 0.3) is 0 Å². The summed E-state index contributed by atoms with van der Waals surface area (Å²) in [7, 11) is 0. The molecule has 3 nitrogen and oxygen atoms in total. The number of amides is 1. The third-order valence-corrected chi connectivity index (χ3v) is 4.56. The van der Waals surface area contributed by atoms with Crippen molar-refractivity contribution in [1.29, 1.82) is 0 Å². The normalized spacial score (nSPS) is 25.7. The molecule has 2 aliphatic rings. The molecular formula is C15H29ClN2O. The van der Waals surface area contributed by atoms with Crippen LogP contribution in [0.25, 0.3) is 0 Å². The molecule has 2 aliphatic heterocycles. The highest BCUT2D eigenvalue weighted by atomic mass is 35.5. The van der Waals surface area contributed by atoms with Gasteiger partial charge >= 0.3 is 0 Å². The van der Waals surface area contributed by atoms with Crippen LogP contribution in [0.3, 0.4) is 0 Å². The van der Waals surface area contributed by atoms with E-state index >= 15 is 0 Å². The van der Waals surface area contributed by atoms with Crippen molar-refractivity contribution in [1.82, 2.24) is 10.2 Å². The van der Waals surface area contributed by atoms with E-state index in [1.54, 1.807) is 0 Å². The summed E-state index contributed by atoms with van der Waals surface area (Å²) in [6.45, 7) is 9.67. The van der Waals surface area contributed by atoms with Gasteiger partial charge in [0.1, 0.15) is 0 Å². The molecule has 2 atom stereocenters. The molecule has 1 N–H and O–H groups in total. The maximum atomic E-state index is 12.6. The first-order chi connectivity index (χ1) is 8.59. The molecular weight excluding hydrogens is 260 g/mol. The van der Waals surface area contributed by atoms with Gasteiger partial charge in [0.05, 0.1) is 0 Å². The van der Waals surface area contributed by atoms with Crippen LogP contribution in [-0.4, -0.2) is 36.5 Å². The van der Waals surface area contributed by atoms with Crippen molar-refractivity contribution in [3.05, 3.63) is 0 Å². The van der Waals surface area contributed by atoms with E-state index in [9.17, 15) is 4.79 Å². The predicted molar refractivity (Wildman–Crippen MR) is 81.6 cm³/mol. The zero-order valence-corrected chi connectivity index (χ0v) is 13.3. The summed E-state index contributed by atoms with van der Waals surface area (Å²) >= 11 is 0. The maximum Gasteiger partial charge on any atom is 0.226 e. The van der Waals surface area contributed by atoms with Crippen molar-refractivity contribution in [2.45, 2.75) is 52.5 Å². The number of hydrogen-bond donors (Lipinski definition) is 1. The molecule has 0 aliphatic carbocycles. The van der Waals surface area contributed by atoms with Gasteiger partial charge in [-0.3, -0.25) is 4.79 Å². The lowest BCUT2D eigenvalue weighted by molar-refractivity contribution is -0.141. The second-order valence-corrected chi connectivity index (χ2v) is 6.52. The number of carbonyl (C=O) groups is 1. The van der Waals surface area contributed by atoms with Gasteiger partial charge in [-0.05, 0) is 50.6 Å². The van der Waals surface area contributed by atoms with Crippen LogP contribution >= 0.6 is 12.4 Å². The zero-order valence-electron chi connectivity index (χ0n) is 12.5. The Morgan fingerprint density at radius 2 is 1.95 bits per heavy atom. The molecule has 2 fully saturated rings. The largest absolute Gasteiger partial charge is 0.339 e. The van der Waals surface area contributed by atoms with Crippen LogP contribution < -0.4 is 5.32 Å². The van der Waals surface area contributed by atoms with E-state index in [1.807, 2.05) is 0 Å². The van der Waals surface area contributed by atoms with Crippen LogP contribution in [0.2, 0.25) is 0 Å². The molecule has 1 amide bonds. The molecule has 0 aromatic carbocycles. The molecule has 19 heavy (non-hydrogen) atoms. The zero-order chi connectivity index (χ0) is 13.1. The van der Waals surface area contributed by atoms with E-state index in [2.05, 4.69) is 31.0 Å². The van der Waals surface area contributed by atoms with Crippen molar-refractivity contribution < 1.29 is 4.79 Å². The Kier molecular flexibility index (Phi) is 6.61. The second kappa shape index (κ2) is 7.49. The number of hydrogen-bond acceptors (Lipinski definition) is 2. The third-order valence-electron chi connectivity index (χ3n) is 4.56. The molecule has 2 unspecified atom stereocenters. The minimum Gasteiger partial charge on any atom is -0.339 e. The van der Waals surface area contributed by atoms with Crippen molar-refractivity contribution >= 4 is 18.3 Å². The molecule has 2 rings (SSSR count). The maximum absolute atomic E-state index is 12.6. The van der Waals surface area contributed by atoms with Gasteiger partial charge in [0.2, 0.25) is 5.91 Å². The minimum absolute atomic E-state index is 0. The van der Waals surface area contributed by atoms with Gasteiger partial charge in [-0.1, -0.05) is 20.8 Å². The molecule has 0 saturated carbocycles. The van der Waals surface area contributed by atoms with Gasteiger partial charge in [0.15, 0.2) is 0 Å². The van der Waals surface area contributed by atoms with Crippen LogP contribution in [0.1, 0.15) is 46.5 Å². The first-order valence-electron chi connectivity index (χ1n) is 7.60. The molecule has 0 aromatic rings. The second-order valence-electron chi connectivity index (χ2n) is 6.52. The summed E-state index contributed by atoms with van der Waals surface area (Å²) in [5, 5.41) is 3.27. The Bertz CT molecular complexity index is 292. The van der Waals surface area contributed by atoms with Crippen LogP contribution in [0.4, 0.5) is 0 Å². The Labute approximate surface area is 123 Å². The van der Waals surface area contributed by atoms with Gasteiger partial charge in [-0.25, -0.2) is 0 Å². The fourth-order valence-electron chi connectivity index (χ4n) is 3.21. The fourth-order valence-corrected chi connectivity index (χ4v) is 3.21. The fraction of sp³-hybridized carbons (Fsp3) is 0.933. The number of rotatable bonds is 4. The summed E-state index contributed by atoms with van der Waals surface area (Å²) in [5.41, 5.74) is 0. The first-order valence-corrected chi connectivity index (χ1v) is 7.60. The Hall–Kier alpha value is -0.280. The molecule has 4 heteroatoms. The third kappa shape index (κ3) is 4.09. The summed E-state index contributed by atoms with van der Waals surface area (Å²) in [4.78, 5) is 14.8. The van der Waals surface area contributed by atoms with Crippen molar-refractivity contribution in [3.8, 4) is 0 Å². The van der Waals surface area contributed by atoms with E-state index in [1.165, 1.54) is 25.7 Å². The number of nitrogens with one attached hydrogen (secondary N) is 1. The molecule has 0 bridgehead atoms. The number of nitrogens with zero attached hydrogens (tertiary/aromatic N) is 1. The van der Waals surface area contributed by atoms with Crippen molar-refractivity contribution in [2.75, 3.05) is 19.6 Å². The van der Waals surface area contributed by atoms with Crippen molar-refractivity contribution in [2.24, 2.45) is 17.8 Å². The van der Waals surface area contributed by atoms with Gasteiger partial charge in [0, 0.05) is 18.5 Å². The highest BCUT2D eigenvalue weighted by Crippen LogP contribution is 2.27. The standard InChI is InChI=1S/C15H28N2O.ClH/c1-11(2)8-14-6-4-5-7-17(14)15(18)12(3)13-9-16-10-13;/h11-14,16H,4-10H2,1-3H3;1H. The lowest BCUT2D eigenvalue weighted by Crippen LogP contribution is -2.53. The summed E-state index contributed by atoms with van der Waals surface area (Å²) in [6, 6.07) is 0.502. The van der Waals surface area contributed by atoms with Crippen LogP contribution in [0.5, 0.6) is 0 Å². The topological polar surface area (TPSA) is 32.3 Å². The molecule has 2 saturated heterocycles. The monoisotopic (exact) mass is 288 g/mol. The highest BCUT2D eigenvalue weighted by Gasteiger charge is 2.35. The van der Waals surface area contributed by atoms with Crippen LogP contribution in [-0.2, 0) is 4.79 Å². The van der Waals surface area contributed by atoms with Gasteiger partial charge < -0.3 is 10.2 Å². The predicted octanol–water partition coefficient (Wildman–Crippen LogP) is 2.69. The number of halogens is 1. The number of piperidine rings is 1. The lowest BCUT2D eigenvalue weighted by Gasteiger charge is -2.41. The average Bonchev–Trinajstić information content (AvgIpc) is 2.25. The molecule has 0 spiro atoms. The average molecular weight is 289 g/mol. The summed E-state index contributed by atoms with van der Waals surface area (Å²) in [6.07, 6.45) is 4.86. The smallest absolute Gasteiger partial charge is 0.226 e. The molecule has 0 aromatic heterocycles. The van der Waals surface area contributed by atoms with Crippen LogP contribution in [0.15, 0.2) is 0 Å². The van der Waals surface area contributed by atoms with Gasteiger partial charge in [-0.15, -0.1) is 12.4 Å². The van der Waals surface area contributed by atoms with Gasteiger partial charge in [-0.2, -0.15) is 0 Å². The SMILES string of the molecule is CC(C)CC1CCCCN1C(=O)C(C)C1CNC1.Cl. The lowest BCUT2D eigenvalue weighted by atomic mass is 9.86. The number of carbonyl (C=O) groups excluding carboxylic acids is 1. The van der Waals surface area contributed by atoms with Crippen LogP contribution in [0, 0.1) is 17.8 Å². The molecule has 0 radical (unpaired) electrons. The quantitative estimate of drug-likeness (QED) is 0.863. The van der Waals surface area contributed by atoms with Crippen molar-refractivity contribution in [3.63, 3.8) is 0 Å². The number of likely N-dealkylation sites (tertiary alicyclic amines) is 1. The van der Waals surface area contributed by atoms with E-state index in [-0.39, 0.29) is 18.3 Å². The van der Waals surface area contributed by atoms with E-state index in [0.29, 0.717) is 23.8 Å². The van der Waals surface area contributed by atoms with E-state index < -0.39 is 0 Å². The highest BCUT2D eigenvalue weighted by molar-refractivity contribution is 5.85. The summed E-state index contributed by atoms with van der Waals surface area (Å²) < 4.78 is 0. The Morgan fingerprint density at radius 1 is 1.26 bits per heavy atom. The Balaban J connectivity index is 0.00000180. The first kappa shape index (κ1) is 16.8. The molecule has 112 valence electrons. The molecule has 2 heterocycles. The Morgan fingerprint density at radius 3 is 2.47 bits per heavy atom. The minimum atomic E-state index is 0. The summed E-state index contributed by atoms with van der Waals surface area (Å²) in [5.74, 6) is 1.87.